The van der Waals surface area contributed by atoms with Crippen LogP contribution in [0.1, 0.15) is 62.5 Å². The molecule has 0 radical (unpaired) electrons. The highest BCUT2D eigenvalue weighted by molar-refractivity contribution is 7.48. The molecule has 7 rings (SSSR count). The van der Waals surface area contributed by atoms with Gasteiger partial charge in [0.05, 0.1) is 31.0 Å². The summed E-state index contributed by atoms with van der Waals surface area (Å²) in [5.41, 5.74) is 0.133. The molecular formula is C52H56F2N7O14P. The zero-order valence-electron chi connectivity index (χ0n) is 41.8. The number of pyridine rings is 1. The van der Waals surface area contributed by atoms with E-state index in [0.717, 1.165) is 23.2 Å². The van der Waals surface area contributed by atoms with E-state index >= 15 is 0 Å². The lowest BCUT2D eigenvalue weighted by atomic mass is 10.0. The van der Waals surface area contributed by atoms with Crippen molar-refractivity contribution < 1.29 is 69.9 Å². The van der Waals surface area contributed by atoms with Crippen molar-refractivity contribution in [3.8, 4) is 5.75 Å². The molecule has 0 bridgehead atoms. The molecule has 2 N–H and O–H groups in total. The van der Waals surface area contributed by atoms with Crippen LogP contribution >= 0.6 is 7.82 Å². The second kappa shape index (κ2) is 26.6. The quantitative estimate of drug-likeness (QED) is 0.0245. The van der Waals surface area contributed by atoms with Crippen LogP contribution in [0.3, 0.4) is 0 Å². The minimum Gasteiger partial charge on any atom is -0.459 e. The zero-order chi connectivity index (χ0) is 54.2. The number of fused-ring (bicyclic) bond motifs is 1. The lowest BCUT2D eigenvalue weighted by Crippen LogP contribution is -2.59. The first-order chi connectivity index (χ1) is 36.6. The molecule has 402 valence electrons. The van der Waals surface area contributed by atoms with E-state index in [1.54, 1.807) is 105 Å². The van der Waals surface area contributed by atoms with Gasteiger partial charge in [-0.1, -0.05) is 102 Å². The SMILES string of the molecule is CO/N=C(/C)C[C@H]1CNC(=O)c2c(OC(=O)N3CCN(C)C[C@H]3CN(CC(=O)OCc3ccccc3)C(=O)OCOP(=O)(OCc3ccccc3)OCc3ccccc3)c(=O)c(C(=O)NCc3ccc(F)cc3F)cn21. The van der Waals surface area contributed by atoms with Gasteiger partial charge < -0.3 is 44.0 Å². The standard InChI is InChI=1S/C52H56F2N7O14P/c1-35(57-69-3)23-41-26-56-50(65)46-48(47(63)43(29-61(41)46)49(64)55-25-39-19-20-40(53)24-44(39)54)75-52(67)60-22-21-58(2)27-42(60)28-59(30-45(62)70-31-36-13-7-4-8-14-36)51(66)71-34-74-76(68,72-32-37-15-9-5-10-16-37)73-33-38-17-11-6-12-18-38/h4-20,24,29,41-42H,21-23,25-28,30-34H2,1-3H3,(H,55,64)(H,56,65)/b57-35-/t41-,42-/m0/s1. The molecule has 2 aliphatic rings. The van der Waals surface area contributed by atoms with Gasteiger partial charge in [-0.3, -0.25) is 33.1 Å². The second-order valence-corrected chi connectivity index (χ2v) is 19.2. The Morgan fingerprint density at radius 2 is 1.46 bits per heavy atom. The van der Waals surface area contributed by atoms with Gasteiger partial charge in [0, 0.05) is 63.5 Å². The predicted octanol–water partition coefficient (Wildman–Crippen LogP) is 6.57. The Morgan fingerprint density at radius 3 is 2.08 bits per heavy atom. The summed E-state index contributed by atoms with van der Waals surface area (Å²) in [6.45, 7) is -1.25. The minimum atomic E-state index is -4.46. The van der Waals surface area contributed by atoms with Gasteiger partial charge in [0.15, 0.2) is 5.69 Å². The van der Waals surface area contributed by atoms with Crippen LogP contribution in [0.2, 0.25) is 0 Å². The topological polar surface area (TPSA) is 235 Å². The van der Waals surface area contributed by atoms with Crippen molar-refractivity contribution in [2.24, 2.45) is 5.16 Å². The number of phosphoric ester groups is 1. The fourth-order valence-corrected chi connectivity index (χ4v) is 9.18. The van der Waals surface area contributed by atoms with Crippen LogP contribution in [-0.2, 0) is 63.6 Å². The molecule has 4 aromatic carbocycles. The fourth-order valence-electron chi connectivity index (χ4n) is 8.16. The molecule has 5 aromatic rings. The van der Waals surface area contributed by atoms with Crippen LogP contribution < -0.4 is 20.8 Å². The smallest absolute Gasteiger partial charge is 0.459 e. The van der Waals surface area contributed by atoms with Crippen molar-refractivity contribution in [2.75, 3.05) is 60.2 Å². The number of halogens is 2. The number of hydrogen-bond donors (Lipinski definition) is 2. The van der Waals surface area contributed by atoms with Crippen LogP contribution in [0, 0.1) is 11.6 Å². The number of benzene rings is 4. The molecular weight excluding hydrogens is 1020 g/mol. The van der Waals surface area contributed by atoms with E-state index in [-0.39, 0.29) is 58.0 Å². The molecule has 3 heterocycles. The van der Waals surface area contributed by atoms with E-state index in [1.165, 1.54) is 16.6 Å². The molecule has 4 amide bonds. The Morgan fingerprint density at radius 1 is 0.829 bits per heavy atom. The van der Waals surface area contributed by atoms with E-state index in [1.807, 2.05) is 4.90 Å². The molecule has 2 aliphatic heterocycles. The zero-order valence-corrected chi connectivity index (χ0v) is 42.7. The van der Waals surface area contributed by atoms with Crippen molar-refractivity contribution in [3.63, 3.8) is 0 Å². The fraction of sp³-hybridized carbons (Fsp3) is 0.327. The summed E-state index contributed by atoms with van der Waals surface area (Å²) < 4.78 is 77.2. The van der Waals surface area contributed by atoms with Crippen LogP contribution in [0.4, 0.5) is 18.4 Å². The first-order valence-corrected chi connectivity index (χ1v) is 25.3. The van der Waals surface area contributed by atoms with Gasteiger partial charge in [-0.25, -0.2) is 27.5 Å². The highest BCUT2D eigenvalue weighted by atomic mass is 31.2. The number of ether oxygens (including phenoxy) is 3. The third-order valence-electron chi connectivity index (χ3n) is 12.0. The van der Waals surface area contributed by atoms with Crippen molar-refractivity contribution in [2.45, 2.75) is 51.8 Å². The summed E-state index contributed by atoms with van der Waals surface area (Å²) >= 11 is 0. The highest BCUT2D eigenvalue weighted by Crippen LogP contribution is 2.51. The molecule has 24 heteroatoms. The first kappa shape index (κ1) is 55.9. The van der Waals surface area contributed by atoms with Crippen molar-refractivity contribution in [1.82, 2.24) is 29.9 Å². The molecule has 0 spiro atoms. The van der Waals surface area contributed by atoms with Crippen molar-refractivity contribution >= 4 is 43.5 Å². The molecule has 0 saturated carbocycles. The molecule has 0 unspecified atom stereocenters. The largest absolute Gasteiger partial charge is 0.478 e. The number of nitrogens with zero attached hydrogens (tertiary/aromatic N) is 5. The number of nitrogens with one attached hydrogen (secondary N) is 2. The highest BCUT2D eigenvalue weighted by Gasteiger charge is 2.38. The summed E-state index contributed by atoms with van der Waals surface area (Å²) in [6.07, 6.45) is -1.09. The normalized spacial score (nSPS) is 15.7. The molecule has 1 fully saturated rings. The van der Waals surface area contributed by atoms with E-state index in [9.17, 15) is 42.1 Å². The van der Waals surface area contributed by atoms with E-state index < -0.39 is 110 Å². The number of piperazine rings is 1. The Hall–Kier alpha value is -7.82. The summed E-state index contributed by atoms with van der Waals surface area (Å²) in [6, 6.07) is 27.3. The molecule has 76 heavy (non-hydrogen) atoms. The van der Waals surface area contributed by atoms with Gasteiger partial charge in [-0.05, 0) is 36.7 Å². The third-order valence-corrected chi connectivity index (χ3v) is 13.3. The van der Waals surface area contributed by atoms with Crippen molar-refractivity contribution in [3.05, 3.63) is 171 Å². The van der Waals surface area contributed by atoms with Gasteiger partial charge in [0.25, 0.3) is 11.8 Å². The number of oxime groups is 1. The summed E-state index contributed by atoms with van der Waals surface area (Å²) in [4.78, 5) is 92.9. The molecule has 1 aromatic heterocycles. The lowest BCUT2D eigenvalue weighted by Gasteiger charge is -2.41. The second-order valence-electron chi connectivity index (χ2n) is 17.6. The Bertz CT molecular complexity index is 2940. The average molecular weight is 1070 g/mol. The third kappa shape index (κ3) is 15.4. The van der Waals surface area contributed by atoms with Crippen molar-refractivity contribution in [1.29, 1.82) is 0 Å². The van der Waals surface area contributed by atoms with Crippen LogP contribution in [0.25, 0.3) is 0 Å². The molecule has 2 atom stereocenters. The Labute approximate surface area is 435 Å². The van der Waals surface area contributed by atoms with Gasteiger partial charge in [0.2, 0.25) is 18.0 Å². The number of rotatable bonds is 22. The molecule has 0 aliphatic carbocycles. The van der Waals surface area contributed by atoms with Crippen LogP contribution in [0.15, 0.2) is 125 Å². The number of likely N-dealkylation sites (N-methyl/N-ethyl adjacent to an activating group) is 1. The van der Waals surface area contributed by atoms with Gasteiger partial charge in [0.1, 0.15) is 37.5 Å². The van der Waals surface area contributed by atoms with E-state index in [2.05, 4.69) is 15.8 Å². The number of amides is 4. The number of carbonyl (C=O) groups is 5. The number of aromatic nitrogens is 1. The Kier molecular flexibility index (Phi) is 19.6. The molecule has 1 saturated heterocycles. The number of esters is 1. The maximum absolute atomic E-state index is 14.6. The van der Waals surface area contributed by atoms with Gasteiger partial charge in [-0.2, -0.15) is 0 Å². The maximum atomic E-state index is 14.6. The maximum Gasteiger partial charge on any atom is 0.478 e. The van der Waals surface area contributed by atoms with Gasteiger partial charge >= 0.3 is 26.0 Å². The van der Waals surface area contributed by atoms with Gasteiger partial charge in [-0.15, -0.1) is 0 Å². The number of phosphoric acid groups is 1. The number of carbonyl (C=O) groups excluding carboxylic acids is 5. The average Bonchev–Trinajstić information content (AvgIpc) is 3.42. The first-order valence-electron chi connectivity index (χ1n) is 23.9. The summed E-state index contributed by atoms with van der Waals surface area (Å²) in [7, 11) is -1.37. The summed E-state index contributed by atoms with van der Waals surface area (Å²) in [5, 5.41) is 9.07. The monoisotopic (exact) mass is 1070 g/mol. The predicted molar refractivity (Wildman–Crippen MR) is 269 cm³/mol. The minimum absolute atomic E-state index is 0.00915. The molecule has 21 nitrogen and oxygen atoms in total. The van der Waals surface area contributed by atoms with Crippen LogP contribution in [-0.4, -0.2) is 121 Å². The summed E-state index contributed by atoms with van der Waals surface area (Å²) in [5.74, 6) is -5.34. The Balaban J connectivity index is 1.14. The van der Waals surface area contributed by atoms with E-state index in [0.29, 0.717) is 28.5 Å². The lowest BCUT2D eigenvalue weighted by molar-refractivity contribution is -0.146. The van der Waals surface area contributed by atoms with Crippen LogP contribution in [0.5, 0.6) is 5.75 Å². The number of hydrogen-bond acceptors (Lipinski definition) is 16. The van der Waals surface area contributed by atoms with E-state index in [4.69, 9.17) is 32.6 Å².